The Morgan fingerprint density at radius 3 is 2.69 bits per heavy atom. The summed E-state index contributed by atoms with van der Waals surface area (Å²) >= 11 is 0. The Hall–Kier alpha value is -0.340. The molecule has 13 heavy (non-hydrogen) atoms. The summed E-state index contributed by atoms with van der Waals surface area (Å²) in [5.74, 6) is 0. The predicted octanol–water partition coefficient (Wildman–Crippen LogP) is 1.64. The van der Waals surface area contributed by atoms with Gasteiger partial charge in [-0.15, -0.1) is 6.58 Å². The number of hydrogen-bond donors (Lipinski definition) is 1. The van der Waals surface area contributed by atoms with E-state index in [1.807, 2.05) is 6.08 Å². The summed E-state index contributed by atoms with van der Waals surface area (Å²) in [7, 11) is 0. The van der Waals surface area contributed by atoms with Crippen LogP contribution in [0, 0.1) is 0 Å². The van der Waals surface area contributed by atoms with Crippen molar-refractivity contribution in [2.75, 3.05) is 32.7 Å². The largest absolute Gasteiger partial charge is 0.316 e. The zero-order valence-electron chi connectivity index (χ0n) is 8.60. The molecule has 0 saturated carbocycles. The van der Waals surface area contributed by atoms with Gasteiger partial charge in [-0.3, -0.25) is 0 Å². The molecule has 0 unspecified atom stereocenters. The highest BCUT2D eigenvalue weighted by Gasteiger charge is 2.09. The van der Waals surface area contributed by atoms with E-state index >= 15 is 0 Å². The Labute approximate surface area is 82.0 Å². The maximum atomic E-state index is 3.69. The van der Waals surface area contributed by atoms with Gasteiger partial charge >= 0.3 is 0 Å². The number of hydrogen-bond acceptors (Lipinski definition) is 2. The molecule has 1 rings (SSSR count). The second kappa shape index (κ2) is 7.10. The smallest absolute Gasteiger partial charge is 0.000664 e. The maximum Gasteiger partial charge on any atom is -0.000664 e. The first-order valence-corrected chi connectivity index (χ1v) is 5.47. The van der Waals surface area contributed by atoms with E-state index in [0.29, 0.717) is 0 Å². The van der Waals surface area contributed by atoms with Crippen LogP contribution in [0.3, 0.4) is 0 Å². The first kappa shape index (κ1) is 10.7. The minimum absolute atomic E-state index is 1.09. The highest BCUT2D eigenvalue weighted by atomic mass is 15.1. The number of likely N-dealkylation sites (tertiary alicyclic amines) is 1. The molecule has 0 aromatic rings. The summed E-state index contributed by atoms with van der Waals surface area (Å²) in [6.45, 7) is 9.87. The van der Waals surface area contributed by atoms with E-state index in [1.165, 1.54) is 38.9 Å². The quantitative estimate of drug-likeness (QED) is 0.475. The van der Waals surface area contributed by atoms with Gasteiger partial charge in [0.1, 0.15) is 0 Å². The van der Waals surface area contributed by atoms with Crippen molar-refractivity contribution in [3.8, 4) is 0 Å². The molecule has 0 amide bonds. The van der Waals surface area contributed by atoms with Crippen LogP contribution in [0.5, 0.6) is 0 Å². The van der Waals surface area contributed by atoms with Crippen molar-refractivity contribution in [3.05, 3.63) is 12.7 Å². The number of rotatable bonds is 7. The van der Waals surface area contributed by atoms with Crippen molar-refractivity contribution in [1.29, 1.82) is 0 Å². The van der Waals surface area contributed by atoms with Crippen molar-refractivity contribution < 1.29 is 0 Å². The minimum atomic E-state index is 1.09. The highest BCUT2D eigenvalue weighted by molar-refractivity contribution is 4.68. The Morgan fingerprint density at radius 1 is 1.23 bits per heavy atom. The molecule has 1 saturated heterocycles. The minimum Gasteiger partial charge on any atom is -0.316 e. The molecule has 0 aromatic heterocycles. The molecule has 1 fully saturated rings. The van der Waals surface area contributed by atoms with Gasteiger partial charge < -0.3 is 10.2 Å². The van der Waals surface area contributed by atoms with Gasteiger partial charge in [0.15, 0.2) is 0 Å². The van der Waals surface area contributed by atoms with Gasteiger partial charge in [-0.2, -0.15) is 0 Å². The topological polar surface area (TPSA) is 15.3 Å². The third-order valence-electron chi connectivity index (χ3n) is 2.55. The summed E-state index contributed by atoms with van der Waals surface area (Å²) in [6, 6.07) is 0. The zero-order valence-corrected chi connectivity index (χ0v) is 8.60. The molecular formula is C11H22N2. The van der Waals surface area contributed by atoms with Gasteiger partial charge in [0.25, 0.3) is 0 Å². The van der Waals surface area contributed by atoms with E-state index in [2.05, 4.69) is 16.8 Å². The number of nitrogens with one attached hydrogen (secondary N) is 1. The molecule has 1 aliphatic heterocycles. The Balaban J connectivity index is 1.80. The van der Waals surface area contributed by atoms with Crippen molar-refractivity contribution in [2.45, 2.75) is 25.7 Å². The fourth-order valence-electron chi connectivity index (χ4n) is 1.76. The molecule has 0 spiro atoms. The molecule has 0 radical (unpaired) electrons. The molecule has 1 N–H and O–H groups in total. The van der Waals surface area contributed by atoms with Gasteiger partial charge in [0, 0.05) is 0 Å². The molecule has 0 aliphatic carbocycles. The average Bonchev–Trinajstić information content (AvgIpc) is 2.63. The summed E-state index contributed by atoms with van der Waals surface area (Å²) in [5.41, 5.74) is 0. The van der Waals surface area contributed by atoms with E-state index in [-0.39, 0.29) is 0 Å². The number of nitrogens with zero attached hydrogens (tertiary/aromatic N) is 1. The molecule has 76 valence electrons. The lowest BCUT2D eigenvalue weighted by molar-refractivity contribution is 0.331. The first-order chi connectivity index (χ1) is 6.43. The maximum absolute atomic E-state index is 3.69. The van der Waals surface area contributed by atoms with Crippen LogP contribution in [0.1, 0.15) is 25.7 Å². The van der Waals surface area contributed by atoms with E-state index in [9.17, 15) is 0 Å². The molecule has 1 aliphatic rings. The van der Waals surface area contributed by atoms with Crippen LogP contribution in [-0.2, 0) is 0 Å². The van der Waals surface area contributed by atoms with Gasteiger partial charge in [0.2, 0.25) is 0 Å². The van der Waals surface area contributed by atoms with Crippen LogP contribution in [-0.4, -0.2) is 37.6 Å². The Bertz CT molecular complexity index is 128. The van der Waals surface area contributed by atoms with Gasteiger partial charge in [-0.1, -0.05) is 6.08 Å². The second-order valence-corrected chi connectivity index (χ2v) is 3.73. The van der Waals surface area contributed by atoms with Gasteiger partial charge in [0.05, 0.1) is 0 Å². The Kier molecular flexibility index (Phi) is 5.87. The van der Waals surface area contributed by atoms with E-state index in [1.54, 1.807) is 0 Å². The summed E-state index contributed by atoms with van der Waals surface area (Å²) in [5, 5.41) is 3.41. The third kappa shape index (κ3) is 5.06. The monoisotopic (exact) mass is 182 g/mol. The highest BCUT2D eigenvalue weighted by Crippen LogP contribution is 2.06. The van der Waals surface area contributed by atoms with Crippen LogP contribution in [0.15, 0.2) is 12.7 Å². The van der Waals surface area contributed by atoms with Crippen LogP contribution in [0.4, 0.5) is 0 Å². The van der Waals surface area contributed by atoms with E-state index in [0.717, 1.165) is 19.5 Å². The molecule has 1 heterocycles. The lowest BCUT2D eigenvalue weighted by Gasteiger charge is -2.13. The average molecular weight is 182 g/mol. The molecule has 2 heteroatoms. The Morgan fingerprint density at radius 2 is 2.00 bits per heavy atom. The summed E-state index contributed by atoms with van der Waals surface area (Å²) < 4.78 is 0. The lowest BCUT2D eigenvalue weighted by atomic mass is 10.3. The van der Waals surface area contributed by atoms with Crippen molar-refractivity contribution in [2.24, 2.45) is 0 Å². The van der Waals surface area contributed by atoms with E-state index < -0.39 is 0 Å². The molecule has 0 bridgehead atoms. The fraction of sp³-hybridized carbons (Fsp3) is 0.818. The van der Waals surface area contributed by atoms with Crippen molar-refractivity contribution in [3.63, 3.8) is 0 Å². The van der Waals surface area contributed by atoms with Crippen LogP contribution in [0.25, 0.3) is 0 Å². The van der Waals surface area contributed by atoms with E-state index in [4.69, 9.17) is 0 Å². The summed E-state index contributed by atoms with van der Waals surface area (Å²) in [6.07, 6.45) is 7.15. The van der Waals surface area contributed by atoms with Crippen molar-refractivity contribution in [1.82, 2.24) is 10.2 Å². The van der Waals surface area contributed by atoms with Crippen LogP contribution < -0.4 is 5.32 Å². The predicted molar refractivity (Wildman–Crippen MR) is 58.0 cm³/mol. The molecule has 0 aromatic carbocycles. The molecule has 2 nitrogen and oxygen atoms in total. The van der Waals surface area contributed by atoms with Crippen LogP contribution in [0.2, 0.25) is 0 Å². The zero-order chi connectivity index (χ0) is 9.36. The van der Waals surface area contributed by atoms with Crippen LogP contribution >= 0.6 is 0 Å². The molecular weight excluding hydrogens is 160 g/mol. The summed E-state index contributed by atoms with van der Waals surface area (Å²) in [4.78, 5) is 2.56. The third-order valence-corrected chi connectivity index (χ3v) is 2.55. The standard InChI is InChI=1S/C11H22N2/c1-2-3-7-12-8-6-11-13-9-4-5-10-13/h2,12H,1,3-11H2. The first-order valence-electron chi connectivity index (χ1n) is 5.47. The van der Waals surface area contributed by atoms with Gasteiger partial charge in [-0.05, 0) is 58.4 Å². The normalized spacial score (nSPS) is 17.8. The second-order valence-electron chi connectivity index (χ2n) is 3.73. The van der Waals surface area contributed by atoms with Crippen molar-refractivity contribution >= 4 is 0 Å². The fourth-order valence-corrected chi connectivity index (χ4v) is 1.76. The SMILES string of the molecule is C=CCCNCCCN1CCCC1. The molecule has 0 atom stereocenters. The van der Waals surface area contributed by atoms with Gasteiger partial charge in [-0.25, -0.2) is 0 Å². The lowest BCUT2D eigenvalue weighted by Crippen LogP contribution is -2.25.